The molecule has 1 N–H and O–H groups in total. The molecule has 0 bridgehead atoms. The van der Waals surface area contributed by atoms with E-state index in [4.69, 9.17) is 9.47 Å². The van der Waals surface area contributed by atoms with Crippen LogP contribution < -0.4 is 14.4 Å². The van der Waals surface area contributed by atoms with Gasteiger partial charge >= 0.3 is 5.91 Å². The zero-order valence-corrected chi connectivity index (χ0v) is 21.1. The lowest BCUT2D eigenvalue weighted by Gasteiger charge is -2.23. The van der Waals surface area contributed by atoms with E-state index < -0.39 is 23.5 Å². The van der Waals surface area contributed by atoms with Gasteiger partial charge in [-0.3, -0.25) is 14.5 Å². The van der Waals surface area contributed by atoms with Gasteiger partial charge in [0.15, 0.2) is 5.13 Å². The SMILES string of the molecule is COc1ccc(C2/C(=C(\O)c3ccc(OC(C)C)cc3)C(=O)C(=O)N2c2nc3ccc(F)cc3s2)cc1. The van der Waals surface area contributed by atoms with Crippen LogP contribution >= 0.6 is 11.3 Å². The molecule has 1 atom stereocenters. The Kier molecular flexibility index (Phi) is 6.39. The Hall–Kier alpha value is -4.24. The molecule has 0 radical (unpaired) electrons. The molecule has 3 aromatic carbocycles. The van der Waals surface area contributed by atoms with Crippen LogP contribution in [-0.4, -0.2) is 35.0 Å². The van der Waals surface area contributed by atoms with Crippen molar-refractivity contribution in [1.82, 2.24) is 4.98 Å². The second-order valence-corrected chi connectivity index (χ2v) is 9.75. The maximum atomic E-state index is 13.8. The number of nitrogens with zero attached hydrogens (tertiary/aromatic N) is 2. The molecule has 7 nitrogen and oxygen atoms in total. The summed E-state index contributed by atoms with van der Waals surface area (Å²) >= 11 is 1.09. The van der Waals surface area contributed by atoms with Gasteiger partial charge in [-0.1, -0.05) is 23.5 Å². The Bertz CT molecular complexity index is 1530. The zero-order chi connectivity index (χ0) is 26.3. The molecule has 1 aromatic heterocycles. The fourth-order valence-corrected chi connectivity index (χ4v) is 5.26. The maximum absolute atomic E-state index is 13.8. The molecule has 1 unspecified atom stereocenters. The molecule has 9 heteroatoms. The van der Waals surface area contributed by atoms with Crippen molar-refractivity contribution in [3.63, 3.8) is 0 Å². The van der Waals surface area contributed by atoms with Crippen molar-refractivity contribution in [3.8, 4) is 11.5 Å². The predicted octanol–water partition coefficient (Wildman–Crippen LogP) is 5.86. The Morgan fingerprint density at radius 1 is 1.03 bits per heavy atom. The molecule has 2 heterocycles. The van der Waals surface area contributed by atoms with Gasteiger partial charge in [0.25, 0.3) is 5.78 Å². The molecule has 0 saturated carbocycles. The van der Waals surface area contributed by atoms with E-state index in [1.54, 1.807) is 48.5 Å². The highest BCUT2D eigenvalue weighted by Crippen LogP contribution is 2.44. The van der Waals surface area contributed by atoms with Gasteiger partial charge in [-0.05, 0) is 74.0 Å². The first-order valence-electron chi connectivity index (χ1n) is 11.5. The van der Waals surface area contributed by atoms with E-state index in [-0.39, 0.29) is 22.6 Å². The summed E-state index contributed by atoms with van der Waals surface area (Å²) in [4.78, 5) is 32.5. The van der Waals surface area contributed by atoms with Crippen molar-refractivity contribution in [2.24, 2.45) is 0 Å². The summed E-state index contributed by atoms with van der Waals surface area (Å²) in [6.45, 7) is 3.81. The summed E-state index contributed by atoms with van der Waals surface area (Å²) in [6.07, 6.45) is -0.0258. The first-order chi connectivity index (χ1) is 17.8. The lowest BCUT2D eigenvalue weighted by molar-refractivity contribution is -0.132. The number of amides is 1. The average Bonchev–Trinajstić information content (AvgIpc) is 3.41. The highest BCUT2D eigenvalue weighted by atomic mass is 32.1. The van der Waals surface area contributed by atoms with Crippen molar-refractivity contribution in [3.05, 3.63) is 89.2 Å². The smallest absolute Gasteiger partial charge is 0.301 e. The first-order valence-corrected chi connectivity index (χ1v) is 12.4. The topological polar surface area (TPSA) is 89.0 Å². The lowest BCUT2D eigenvalue weighted by atomic mass is 9.95. The van der Waals surface area contributed by atoms with Gasteiger partial charge in [0.05, 0.1) is 35.0 Å². The Balaban J connectivity index is 1.66. The fraction of sp³-hybridized carbons (Fsp3) is 0.179. The van der Waals surface area contributed by atoms with Gasteiger partial charge < -0.3 is 14.6 Å². The van der Waals surface area contributed by atoms with Crippen LogP contribution in [0.5, 0.6) is 11.5 Å². The van der Waals surface area contributed by atoms with Crippen molar-refractivity contribution in [2.75, 3.05) is 12.0 Å². The number of fused-ring (bicyclic) bond motifs is 1. The molecule has 188 valence electrons. The predicted molar refractivity (Wildman–Crippen MR) is 140 cm³/mol. The molecule has 5 rings (SSSR count). The summed E-state index contributed by atoms with van der Waals surface area (Å²) in [7, 11) is 1.54. The number of ketones is 1. The van der Waals surface area contributed by atoms with E-state index in [9.17, 15) is 19.1 Å². The van der Waals surface area contributed by atoms with Crippen molar-refractivity contribution < 1.29 is 28.6 Å². The van der Waals surface area contributed by atoms with Crippen LogP contribution in [0.3, 0.4) is 0 Å². The molecule has 0 aliphatic carbocycles. The Labute approximate surface area is 216 Å². The first kappa shape index (κ1) is 24.5. The minimum Gasteiger partial charge on any atom is -0.507 e. The number of Topliss-reactive ketones (excluding diaryl/α,β-unsaturated/α-hetero) is 1. The van der Waals surface area contributed by atoms with Crippen molar-refractivity contribution in [1.29, 1.82) is 0 Å². The van der Waals surface area contributed by atoms with Gasteiger partial charge in [0, 0.05) is 5.56 Å². The number of carbonyl (C=O) groups excluding carboxylic acids is 2. The summed E-state index contributed by atoms with van der Waals surface area (Å²) in [5.41, 5.74) is 1.36. The van der Waals surface area contributed by atoms with Crippen molar-refractivity contribution in [2.45, 2.75) is 26.0 Å². The third-order valence-corrected chi connectivity index (χ3v) is 6.94. The lowest BCUT2D eigenvalue weighted by Crippen LogP contribution is -2.29. The second-order valence-electron chi connectivity index (χ2n) is 8.74. The normalized spacial score (nSPS) is 17.1. The molecule has 1 aliphatic rings. The van der Waals surface area contributed by atoms with Gasteiger partial charge in [0.2, 0.25) is 0 Å². The van der Waals surface area contributed by atoms with E-state index in [1.165, 1.54) is 30.2 Å². The Morgan fingerprint density at radius 3 is 2.35 bits per heavy atom. The number of carbonyl (C=O) groups is 2. The van der Waals surface area contributed by atoms with Crippen LogP contribution in [-0.2, 0) is 9.59 Å². The standard InChI is InChI=1S/C28H23FN2O5S/c1-15(2)36-20-11-6-17(7-12-20)25(32)23-24(16-4-9-19(35-3)10-5-16)31(27(34)26(23)33)28-30-21-13-8-18(29)14-22(21)37-28/h4-15,24,32H,1-3H3/b25-23+. The van der Waals surface area contributed by atoms with Gasteiger partial charge in [-0.15, -0.1) is 0 Å². The third-order valence-electron chi connectivity index (χ3n) is 5.92. The number of anilines is 1. The summed E-state index contributed by atoms with van der Waals surface area (Å²) in [6, 6.07) is 16.7. The third kappa shape index (κ3) is 4.53. The minimum atomic E-state index is -0.956. The van der Waals surface area contributed by atoms with Gasteiger partial charge in [-0.25, -0.2) is 9.37 Å². The number of ether oxygens (including phenoxy) is 2. The summed E-state index contributed by atoms with van der Waals surface area (Å²) < 4.78 is 25.3. The van der Waals surface area contributed by atoms with Crippen LogP contribution in [0.15, 0.2) is 72.3 Å². The van der Waals surface area contributed by atoms with Crippen molar-refractivity contribution >= 4 is 44.1 Å². The molecule has 1 amide bonds. The largest absolute Gasteiger partial charge is 0.507 e. The number of hydrogen-bond donors (Lipinski definition) is 1. The quantitative estimate of drug-likeness (QED) is 0.195. The monoisotopic (exact) mass is 518 g/mol. The van der Waals surface area contributed by atoms with Crippen LogP contribution in [0.25, 0.3) is 16.0 Å². The molecular weight excluding hydrogens is 495 g/mol. The van der Waals surface area contributed by atoms with E-state index in [0.717, 1.165) is 11.3 Å². The van der Waals surface area contributed by atoms with Crippen LogP contribution in [0.2, 0.25) is 0 Å². The molecule has 4 aromatic rings. The number of halogens is 1. The number of rotatable bonds is 6. The number of hydrogen-bond acceptors (Lipinski definition) is 7. The van der Waals surface area contributed by atoms with Crippen LogP contribution in [0.4, 0.5) is 9.52 Å². The highest BCUT2D eigenvalue weighted by Gasteiger charge is 2.48. The highest BCUT2D eigenvalue weighted by molar-refractivity contribution is 7.22. The number of aliphatic hydroxyl groups excluding tert-OH is 1. The number of aromatic nitrogens is 1. The number of benzene rings is 3. The van der Waals surface area contributed by atoms with Gasteiger partial charge in [-0.2, -0.15) is 0 Å². The molecule has 0 spiro atoms. The number of aliphatic hydroxyl groups is 1. The van der Waals surface area contributed by atoms with E-state index in [2.05, 4.69) is 4.98 Å². The summed E-state index contributed by atoms with van der Waals surface area (Å²) in [5.74, 6) is -1.21. The number of methoxy groups -OCH3 is 1. The number of thiazole rings is 1. The van der Waals surface area contributed by atoms with Crippen LogP contribution in [0, 0.1) is 5.82 Å². The van der Waals surface area contributed by atoms with E-state index >= 15 is 0 Å². The fourth-order valence-electron chi connectivity index (χ4n) is 4.24. The molecule has 1 saturated heterocycles. The summed E-state index contributed by atoms with van der Waals surface area (Å²) in [5, 5.41) is 11.5. The maximum Gasteiger partial charge on any atom is 0.301 e. The minimum absolute atomic E-state index is 0.0258. The second kappa shape index (κ2) is 9.67. The molecular formula is C28H23FN2O5S. The van der Waals surface area contributed by atoms with E-state index in [1.807, 2.05) is 13.8 Å². The van der Waals surface area contributed by atoms with Crippen LogP contribution in [0.1, 0.15) is 31.0 Å². The molecule has 1 fully saturated rings. The molecule has 1 aliphatic heterocycles. The average molecular weight is 519 g/mol. The zero-order valence-electron chi connectivity index (χ0n) is 20.3. The molecule has 37 heavy (non-hydrogen) atoms. The van der Waals surface area contributed by atoms with E-state index in [0.29, 0.717) is 32.8 Å². The Morgan fingerprint density at radius 2 is 1.70 bits per heavy atom. The van der Waals surface area contributed by atoms with Gasteiger partial charge in [0.1, 0.15) is 23.1 Å².